The van der Waals surface area contributed by atoms with Gasteiger partial charge in [0.05, 0.1) is 0 Å². The van der Waals surface area contributed by atoms with Crippen LogP contribution in [0.4, 0.5) is 5.69 Å². The number of nitrogens with two attached hydrogens (primary N) is 1. The maximum atomic E-state index is 13.6. The first kappa shape index (κ1) is 28.2. The van der Waals surface area contributed by atoms with E-state index in [1.807, 2.05) is 67.0 Å². The third-order valence-electron chi connectivity index (χ3n) is 8.31. The van der Waals surface area contributed by atoms with Crippen molar-refractivity contribution in [2.24, 2.45) is 17.6 Å². The van der Waals surface area contributed by atoms with Crippen molar-refractivity contribution in [1.82, 2.24) is 30.9 Å². The third-order valence-corrected chi connectivity index (χ3v) is 8.31. The Morgan fingerprint density at radius 3 is 2.37 bits per heavy atom. The average Bonchev–Trinajstić information content (AvgIpc) is 3.60. The zero-order valence-corrected chi connectivity index (χ0v) is 23.7. The van der Waals surface area contributed by atoms with Gasteiger partial charge in [-0.15, -0.1) is 10.2 Å². The van der Waals surface area contributed by atoms with Gasteiger partial charge in [-0.2, -0.15) is 5.21 Å². The number of tetrazole rings is 1. The summed E-state index contributed by atoms with van der Waals surface area (Å²) in [6, 6.07) is 22.7. The summed E-state index contributed by atoms with van der Waals surface area (Å²) < 4.78 is 0. The number of aromatic amines is 1. The van der Waals surface area contributed by atoms with E-state index < -0.39 is 6.04 Å². The number of rotatable bonds is 9. The summed E-state index contributed by atoms with van der Waals surface area (Å²) in [5.41, 5.74) is 10.3. The number of hydrogen-bond donors (Lipinski definition) is 4. The maximum absolute atomic E-state index is 13.6. The highest BCUT2D eigenvalue weighted by atomic mass is 16.2. The molecule has 43 heavy (non-hydrogen) atoms. The number of H-pyrrole nitrogens is 1. The summed E-state index contributed by atoms with van der Waals surface area (Å²) in [7, 11) is 0. The molecule has 0 spiro atoms. The molecular formula is C33H34N8O2. The average molecular weight is 575 g/mol. The standard InChI is InChI=1S/C33H34N8O2/c34-18-22-7-11-25(12-8-22)32(42)37-30(33(43)36-27-15-13-24(14-16-27)31-38-40-41-39-31)17-21-5-9-23(10-6-21)29-20-35-19-26-3-1-2-4-28(26)29/h1-6,9-10,13-16,19-20,22,25,30H,7-8,11-12,17-18,34H2,(H,36,43)(H,37,42)(H,38,39,40,41). The number of pyridine rings is 1. The van der Waals surface area contributed by atoms with E-state index in [-0.39, 0.29) is 17.7 Å². The minimum atomic E-state index is -0.748. The minimum Gasteiger partial charge on any atom is -0.344 e. The van der Waals surface area contributed by atoms with Crippen LogP contribution in [0.25, 0.3) is 33.3 Å². The fourth-order valence-electron chi connectivity index (χ4n) is 5.78. The lowest BCUT2D eigenvalue weighted by Gasteiger charge is -2.28. The predicted octanol–water partition coefficient (Wildman–Crippen LogP) is 4.51. The Kier molecular flexibility index (Phi) is 8.46. The molecular weight excluding hydrogens is 540 g/mol. The van der Waals surface area contributed by atoms with E-state index in [9.17, 15) is 9.59 Å². The van der Waals surface area contributed by atoms with Crippen molar-refractivity contribution >= 4 is 28.3 Å². The van der Waals surface area contributed by atoms with Crippen molar-refractivity contribution in [3.05, 3.63) is 90.8 Å². The van der Waals surface area contributed by atoms with Crippen LogP contribution in [-0.4, -0.2) is 50.0 Å². The number of hydrogen-bond acceptors (Lipinski definition) is 7. The number of aromatic nitrogens is 5. The van der Waals surface area contributed by atoms with E-state index >= 15 is 0 Å². The molecule has 5 aromatic rings. The summed E-state index contributed by atoms with van der Waals surface area (Å²) in [6.07, 6.45) is 7.52. The zero-order valence-electron chi connectivity index (χ0n) is 23.7. The molecule has 5 N–H and O–H groups in total. The molecule has 1 saturated carbocycles. The Morgan fingerprint density at radius 2 is 1.65 bits per heavy atom. The van der Waals surface area contributed by atoms with Crippen molar-refractivity contribution in [2.75, 3.05) is 11.9 Å². The molecule has 0 bridgehead atoms. The van der Waals surface area contributed by atoms with E-state index in [4.69, 9.17) is 5.73 Å². The van der Waals surface area contributed by atoms with Gasteiger partial charge in [-0.25, -0.2) is 0 Å². The van der Waals surface area contributed by atoms with Crippen LogP contribution < -0.4 is 16.4 Å². The molecule has 10 nitrogen and oxygen atoms in total. The second kappa shape index (κ2) is 12.9. The van der Waals surface area contributed by atoms with E-state index in [1.54, 1.807) is 12.1 Å². The normalized spacial score (nSPS) is 17.3. The number of nitrogens with zero attached hydrogens (tertiary/aromatic N) is 4. The SMILES string of the molecule is NCC1CCC(C(=O)NC(Cc2ccc(-c3cncc4ccccc34)cc2)C(=O)Nc2ccc(-c3nn[nH]n3)cc2)CC1. The van der Waals surface area contributed by atoms with Gasteiger partial charge in [0, 0.05) is 46.9 Å². The molecule has 6 rings (SSSR count). The number of benzene rings is 3. The highest BCUT2D eigenvalue weighted by Gasteiger charge is 2.29. The lowest BCUT2D eigenvalue weighted by atomic mass is 9.81. The third kappa shape index (κ3) is 6.60. The Balaban J connectivity index is 1.19. The van der Waals surface area contributed by atoms with Crippen LogP contribution in [0.3, 0.4) is 0 Å². The Morgan fingerprint density at radius 1 is 0.907 bits per heavy atom. The maximum Gasteiger partial charge on any atom is 0.247 e. The lowest BCUT2D eigenvalue weighted by Crippen LogP contribution is -2.48. The fourth-order valence-corrected chi connectivity index (χ4v) is 5.78. The van der Waals surface area contributed by atoms with Crippen LogP contribution in [-0.2, 0) is 16.0 Å². The molecule has 1 aliphatic carbocycles. The van der Waals surface area contributed by atoms with Gasteiger partial charge in [0.1, 0.15) is 6.04 Å². The molecule has 2 heterocycles. The Bertz CT molecular complexity index is 1670. The number of amides is 2. The molecule has 1 unspecified atom stereocenters. The molecule has 0 radical (unpaired) electrons. The number of nitrogens with one attached hydrogen (secondary N) is 3. The van der Waals surface area contributed by atoms with Gasteiger partial charge in [-0.05, 0) is 84.1 Å². The summed E-state index contributed by atoms with van der Waals surface area (Å²) in [6.45, 7) is 0.649. The molecule has 3 aromatic carbocycles. The lowest BCUT2D eigenvalue weighted by molar-refractivity contribution is -0.130. The zero-order chi connectivity index (χ0) is 29.6. The topological polar surface area (TPSA) is 152 Å². The van der Waals surface area contributed by atoms with Gasteiger partial charge in [0.15, 0.2) is 0 Å². The van der Waals surface area contributed by atoms with Gasteiger partial charge >= 0.3 is 0 Å². The number of fused-ring (bicyclic) bond motifs is 1. The minimum absolute atomic E-state index is 0.0819. The molecule has 218 valence electrons. The van der Waals surface area contributed by atoms with Gasteiger partial charge in [0.2, 0.25) is 17.6 Å². The number of anilines is 1. The molecule has 1 aliphatic rings. The van der Waals surface area contributed by atoms with Crippen LogP contribution in [0.2, 0.25) is 0 Å². The quantitative estimate of drug-likeness (QED) is 0.202. The van der Waals surface area contributed by atoms with Gasteiger partial charge in [0.25, 0.3) is 0 Å². The van der Waals surface area contributed by atoms with E-state index in [0.717, 1.165) is 58.7 Å². The molecule has 1 fully saturated rings. The van der Waals surface area contributed by atoms with Gasteiger partial charge in [-0.3, -0.25) is 14.6 Å². The predicted molar refractivity (Wildman–Crippen MR) is 166 cm³/mol. The molecule has 2 amide bonds. The molecule has 2 aromatic heterocycles. The second-order valence-electron chi connectivity index (χ2n) is 11.1. The number of carbonyl (C=O) groups is 2. The largest absolute Gasteiger partial charge is 0.344 e. The summed E-state index contributed by atoms with van der Waals surface area (Å²) >= 11 is 0. The first-order valence-corrected chi connectivity index (χ1v) is 14.6. The second-order valence-corrected chi connectivity index (χ2v) is 11.1. The van der Waals surface area contributed by atoms with Crippen LogP contribution in [0, 0.1) is 11.8 Å². The first-order chi connectivity index (χ1) is 21.1. The smallest absolute Gasteiger partial charge is 0.247 e. The molecule has 0 aliphatic heterocycles. The Labute approximate surface area is 249 Å². The van der Waals surface area contributed by atoms with E-state index in [1.165, 1.54) is 0 Å². The van der Waals surface area contributed by atoms with E-state index in [2.05, 4.69) is 42.3 Å². The highest BCUT2D eigenvalue weighted by Crippen LogP contribution is 2.30. The van der Waals surface area contributed by atoms with Gasteiger partial charge in [-0.1, -0.05) is 48.5 Å². The van der Waals surface area contributed by atoms with E-state index in [0.29, 0.717) is 30.4 Å². The monoisotopic (exact) mass is 574 g/mol. The van der Waals surface area contributed by atoms with Crippen molar-refractivity contribution in [2.45, 2.75) is 38.1 Å². The molecule has 0 saturated heterocycles. The summed E-state index contributed by atoms with van der Waals surface area (Å²) in [5, 5.41) is 22.2. The fraction of sp³-hybridized carbons (Fsp3) is 0.273. The first-order valence-electron chi connectivity index (χ1n) is 14.6. The van der Waals surface area contributed by atoms with Gasteiger partial charge < -0.3 is 16.4 Å². The molecule has 1 atom stereocenters. The van der Waals surface area contributed by atoms with Crippen LogP contribution in [0.15, 0.2) is 85.2 Å². The van der Waals surface area contributed by atoms with Crippen LogP contribution in [0.1, 0.15) is 31.2 Å². The highest BCUT2D eigenvalue weighted by molar-refractivity contribution is 5.98. The van der Waals surface area contributed by atoms with Crippen molar-refractivity contribution in [3.63, 3.8) is 0 Å². The Hall–Kier alpha value is -4.96. The van der Waals surface area contributed by atoms with Crippen LogP contribution in [0.5, 0.6) is 0 Å². The summed E-state index contributed by atoms with van der Waals surface area (Å²) in [5.74, 6) is 0.456. The summed E-state index contributed by atoms with van der Waals surface area (Å²) in [4.78, 5) is 31.3. The number of carbonyl (C=O) groups excluding carboxylic acids is 2. The van der Waals surface area contributed by atoms with Crippen molar-refractivity contribution in [1.29, 1.82) is 0 Å². The van der Waals surface area contributed by atoms with Crippen molar-refractivity contribution < 1.29 is 9.59 Å². The molecule has 10 heteroatoms. The van der Waals surface area contributed by atoms with Crippen molar-refractivity contribution in [3.8, 4) is 22.5 Å². The van der Waals surface area contributed by atoms with Crippen LogP contribution >= 0.6 is 0 Å².